The van der Waals surface area contributed by atoms with E-state index in [4.69, 9.17) is 0 Å². The molecule has 1 aromatic carbocycles. The topological polar surface area (TPSA) is 106 Å². The summed E-state index contributed by atoms with van der Waals surface area (Å²) in [7, 11) is 0. The molecule has 4 N–H and O–H groups in total. The molecule has 3 aromatic heterocycles. The Morgan fingerprint density at radius 3 is 2.53 bits per heavy atom. The second kappa shape index (κ2) is 3.35. The number of nitrogens with zero attached hydrogens (tertiary/aromatic N) is 2. The Bertz CT molecular complexity index is 899. The van der Waals surface area contributed by atoms with E-state index >= 15 is 0 Å². The molecule has 0 radical (unpaired) electrons. The van der Waals surface area contributed by atoms with Gasteiger partial charge in [0.05, 0.1) is 22.1 Å². The minimum absolute atomic E-state index is 0.217. The SMILES string of the molecule is Cc1cc(-c2nc3cc4[nH]c(=O)[nH]c4cc3[nH]2)n[nH]1. The lowest BCUT2D eigenvalue weighted by Gasteiger charge is -1.88. The van der Waals surface area contributed by atoms with Gasteiger partial charge in [-0.2, -0.15) is 5.10 Å². The van der Waals surface area contributed by atoms with Crippen molar-refractivity contribution in [3.05, 3.63) is 34.4 Å². The molecular weight excluding hydrogens is 244 g/mol. The lowest BCUT2D eigenvalue weighted by molar-refractivity contribution is 1.04. The van der Waals surface area contributed by atoms with Crippen molar-refractivity contribution in [2.75, 3.05) is 0 Å². The summed E-state index contributed by atoms with van der Waals surface area (Å²) in [5, 5.41) is 7.05. The predicted octanol–water partition coefficient (Wildman–Crippen LogP) is 1.43. The first-order chi connectivity index (χ1) is 9.19. The zero-order valence-corrected chi connectivity index (χ0v) is 10.0. The van der Waals surface area contributed by atoms with Crippen LogP contribution in [-0.4, -0.2) is 30.1 Å². The molecule has 0 saturated heterocycles. The van der Waals surface area contributed by atoms with Gasteiger partial charge in [-0.3, -0.25) is 5.10 Å². The van der Waals surface area contributed by atoms with Crippen molar-refractivity contribution in [2.45, 2.75) is 6.92 Å². The molecule has 94 valence electrons. The Labute approximate surface area is 106 Å². The molecule has 7 nitrogen and oxygen atoms in total. The molecule has 3 heterocycles. The average molecular weight is 254 g/mol. The lowest BCUT2D eigenvalue weighted by Crippen LogP contribution is -1.99. The van der Waals surface area contributed by atoms with Crippen molar-refractivity contribution < 1.29 is 0 Å². The van der Waals surface area contributed by atoms with Gasteiger partial charge in [-0.15, -0.1) is 0 Å². The van der Waals surface area contributed by atoms with Crippen molar-refractivity contribution in [3.63, 3.8) is 0 Å². The number of nitrogens with one attached hydrogen (secondary N) is 4. The summed E-state index contributed by atoms with van der Waals surface area (Å²) in [6.07, 6.45) is 0. The third kappa shape index (κ3) is 1.48. The zero-order valence-electron chi connectivity index (χ0n) is 10.0. The van der Waals surface area contributed by atoms with Crippen LogP contribution in [0.1, 0.15) is 5.69 Å². The largest absolute Gasteiger partial charge is 0.337 e. The molecule has 19 heavy (non-hydrogen) atoms. The molecule has 0 spiro atoms. The first-order valence-corrected chi connectivity index (χ1v) is 5.83. The summed E-state index contributed by atoms with van der Waals surface area (Å²) in [5.74, 6) is 0.703. The number of rotatable bonds is 1. The van der Waals surface area contributed by atoms with E-state index in [-0.39, 0.29) is 5.69 Å². The van der Waals surface area contributed by atoms with Crippen LogP contribution in [0.3, 0.4) is 0 Å². The number of aromatic amines is 4. The summed E-state index contributed by atoms with van der Waals surface area (Å²) in [4.78, 5) is 24.3. The fourth-order valence-electron chi connectivity index (χ4n) is 2.20. The molecule has 0 aliphatic heterocycles. The second-order valence-electron chi connectivity index (χ2n) is 4.52. The Kier molecular flexibility index (Phi) is 1.78. The van der Waals surface area contributed by atoms with E-state index in [9.17, 15) is 4.79 Å². The van der Waals surface area contributed by atoms with Gasteiger partial charge in [0.1, 0.15) is 5.69 Å². The van der Waals surface area contributed by atoms with Gasteiger partial charge in [0.2, 0.25) is 0 Å². The fraction of sp³-hybridized carbons (Fsp3) is 0.0833. The number of hydrogen-bond donors (Lipinski definition) is 4. The molecule has 0 atom stereocenters. The highest BCUT2D eigenvalue weighted by atomic mass is 16.1. The maximum atomic E-state index is 11.2. The molecule has 0 bridgehead atoms. The van der Waals surface area contributed by atoms with Crippen LogP contribution in [0, 0.1) is 6.92 Å². The maximum absolute atomic E-state index is 11.2. The van der Waals surface area contributed by atoms with Crippen LogP contribution in [0.15, 0.2) is 23.0 Å². The van der Waals surface area contributed by atoms with Gasteiger partial charge in [0.25, 0.3) is 0 Å². The van der Waals surface area contributed by atoms with Crippen LogP contribution in [0.4, 0.5) is 0 Å². The van der Waals surface area contributed by atoms with Gasteiger partial charge < -0.3 is 15.0 Å². The van der Waals surface area contributed by atoms with E-state index in [1.54, 1.807) is 0 Å². The van der Waals surface area contributed by atoms with E-state index in [0.29, 0.717) is 5.82 Å². The molecule has 0 aliphatic carbocycles. The van der Waals surface area contributed by atoms with Crippen molar-refractivity contribution in [3.8, 4) is 11.5 Å². The summed E-state index contributed by atoms with van der Waals surface area (Å²) >= 11 is 0. The summed E-state index contributed by atoms with van der Waals surface area (Å²) in [5.41, 5.74) is 4.68. The standard InChI is InChI=1S/C12H10N6O/c1-5-2-10(18-17-5)11-13-6-3-8-9(4-7(6)14-11)16-12(19)15-8/h2-4H,1H3,(H,13,14)(H,17,18)(H2,15,16,19). The van der Waals surface area contributed by atoms with E-state index < -0.39 is 0 Å². The highest BCUT2D eigenvalue weighted by Gasteiger charge is 2.10. The molecule has 0 amide bonds. The minimum atomic E-state index is -0.217. The highest BCUT2D eigenvalue weighted by molar-refractivity contribution is 5.92. The van der Waals surface area contributed by atoms with E-state index in [1.165, 1.54) is 0 Å². The predicted molar refractivity (Wildman–Crippen MR) is 70.9 cm³/mol. The van der Waals surface area contributed by atoms with Crippen LogP contribution in [0.5, 0.6) is 0 Å². The van der Waals surface area contributed by atoms with Crippen LogP contribution >= 0.6 is 0 Å². The number of imidazole rings is 2. The van der Waals surface area contributed by atoms with Gasteiger partial charge in [-0.1, -0.05) is 0 Å². The smallest absolute Gasteiger partial charge is 0.323 e. The van der Waals surface area contributed by atoms with Crippen LogP contribution in [0.2, 0.25) is 0 Å². The monoisotopic (exact) mass is 254 g/mol. The van der Waals surface area contributed by atoms with Gasteiger partial charge in [-0.25, -0.2) is 9.78 Å². The number of aryl methyl sites for hydroxylation is 1. The van der Waals surface area contributed by atoms with Crippen molar-refractivity contribution in [2.24, 2.45) is 0 Å². The van der Waals surface area contributed by atoms with E-state index in [2.05, 4.69) is 30.1 Å². The Morgan fingerprint density at radius 2 is 1.79 bits per heavy atom. The highest BCUT2D eigenvalue weighted by Crippen LogP contribution is 2.22. The number of fused-ring (bicyclic) bond motifs is 2. The second-order valence-corrected chi connectivity index (χ2v) is 4.52. The van der Waals surface area contributed by atoms with Gasteiger partial charge in [0.15, 0.2) is 5.82 Å². The number of H-pyrrole nitrogens is 4. The summed E-state index contributed by atoms with van der Waals surface area (Å²) in [6, 6.07) is 5.62. The first kappa shape index (κ1) is 10.1. The van der Waals surface area contributed by atoms with Gasteiger partial charge >= 0.3 is 5.69 Å². The molecule has 0 fully saturated rings. The van der Waals surface area contributed by atoms with Crippen LogP contribution in [0.25, 0.3) is 33.6 Å². The third-order valence-electron chi connectivity index (χ3n) is 3.07. The molecule has 0 unspecified atom stereocenters. The quantitative estimate of drug-likeness (QED) is 0.413. The van der Waals surface area contributed by atoms with Gasteiger partial charge in [0, 0.05) is 5.69 Å². The van der Waals surface area contributed by atoms with E-state index in [1.807, 2.05) is 25.1 Å². The van der Waals surface area contributed by atoms with Crippen LogP contribution in [-0.2, 0) is 0 Å². The Balaban J connectivity index is 1.98. The molecule has 4 rings (SSSR count). The first-order valence-electron chi connectivity index (χ1n) is 5.83. The molecule has 0 aliphatic rings. The Morgan fingerprint density at radius 1 is 1.00 bits per heavy atom. The van der Waals surface area contributed by atoms with Crippen molar-refractivity contribution >= 4 is 22.1 Å². The molecule has 4 aromatic rings. The van der Waals surface area contributed by atoms with E-state index in [0.717, 1.165) is 33.5 Å². The Hall–Kier alpha value is -2.83. The number of aromatic nitrogens is 6. The van der Waals surface area contributed by atoms with Crippen molar-refractivity contribution in [1.82, 2.24) is 30.1 Å². The maximum Gasteiger partial charge on any atom is 0.323 e. The van der Waals surface area contributed by atoms with Crippen LogP contribution < -0.4 is 5.69 Å². The van der Waals surface area contributed by atoms with Crippen molar-refractivity contribution in [1.29, 1.82) is 0 Å². The third-order valence-corrected chi connectivity index (χ3v) is 3.07. The average Bonchev–Trinajstić information content (AvgIpc) is 3.02. The van der Waals surface area contributed by atoms with Gasteiger partial charge in [-0.05, 0) is 25.1 Å². The molecule has 7 heteroatoms. The minimum Gasteiger partial charge on any atom is -0.337 e. The fourth-order valence-corrected chi connectivity index (χ4v) is 2.20. The number of hydrogen-bond acceptors (Lipinski definition) is 3. The summed E-state index contributed by atoms with van der Waals surface area (Å²) < 4.78 is 0. The lowest BCUT2D eigenvalue weighted by atomic mass is 10.3. The number of benzene rings is 1. The normalized spacial score (nSPS) is 11.6. The zero-order chi connectivity index (χ0) is 13.0. The molecule has 0 saturated carbocycles. The molecular formula is C12H10N6O. The summed E-state index contributed by atoms with van der Waals surface area (Å²) in [6.45, 7) is 1.94.